The first-order valence-electron chi connectivity index (χ1n) is 11.6. The van der Waals surface area contributed by atoms with Gasteiger partial charge >= 0.3 is 0 Å². The van der Waals surface area contributed by atoms with Crippen LogP contribution in [0.5, 0.6) is 5.75 Å². The van der Waals surface area contributed by atoms with Crippen LogP contribution in [0, 0.1) is 24.7 Å². The van der Waals surface area contributed by atoms with E-state index in [2.05, 4.69) is 37.0 Å². The van der Waals surface area contributed by atoms with Crippen LogP contribution >= 0.6 is 0 Å². The smallest absolute Gasteiger partial charge is 0.243 e. The van der Waals surface area contributed by atoms with Crippen molar-refractivity contribution < 1.29 is 14.3 Å². The Morgan fingerprint density at radius 2 is 1.81 bits per heavy atom. The van der Waals surface area contributed by atoms with Gasteiger partial charge in [-0.15, -0.1) is 0 Å². The van der Waals surface area contributed by atoms with Gasteiger partial charge in [-0.2, -0.15) is 0 Å². The van der Waals surface area contributed by atoms with Gasteiger partial charge in [-0.1, -0.05) is 25.0 Å². The third kappa shape index (κ3) is 2.63. The number of anilines is 1. The average Bonchev–Trinajstić information content (AvgIpc) is 3.28. The normalized spacial score (nSPS) is 29.1. The number of hydrogen-bond donors (Lipinski definition) is 1. The van der Waals surface area contributed by atoms with E-state index in [1.807, 2.05) is 12.1 Å². The SMILES string of the molecule is COc1ccc(N2C(=O)[C@H]3[C@H]4C[C@@H](C)CC[C@@H]4c4c([nH]c5ccc(C)cc45)[C@H]3C2=O)cc1. The first-order chi connectivity index (χ1) is 15.5. The molecule has 1 N–H and O–H groups in total. The maximum atomic E-state index is 13.8. The second-order valence-corrected chi connectivity index (χ2v) is 9.90. The van der Waals surface area contributed by atoms with Crippen molar-refractivity contribution in [2.75, 3.05) is 12.0 Å². The number of nitrogens with zero attached hydrogens (tertiary/aromatic N) is 1. The number of carbonyl (C=O) groups excluding carboxylic acids is 2. The Morgan fingerprint density at radius 3 is 2.56 bits per heavy atom. The van der Waals surface area contributed by atoms with E-state index in [0.29, 0.717) is 23.3 Å². The summed E-state index contributed by atoms with van der Waals surface area (Å²) < 4.78 is 5.26. The molecule has 5 atom stereocenters. The number of rotatable bonds is 2. The predicted octanol–water partition coefficient (Wildman–Crippen LogP) is 5.29. The summed E-state index contributed by atoms with van der Waals surface area (Å²) in [5.41, 5.74) is 5.18. The number of amides is 2. The molecule has 32 heavy (non-hydrogen) atoms. The van der Waals surface area contributed by atoms with Crippen molar-refractivity contribution in [2.45, 2.75) is 44.9 Å². The maximum Gasteiger partial charge on any atom is 0.243 e. The van der Waals surface area contributed by atoms with Crippen molar-refractivity contribution >= 4 is 28.4 Å². The number of carbonyl (C=O) groups is 2. The van der Waals surface area contributed by atoms with E-state index in [4.69, 9.17) is 4.74 Å². The van der Waals surface area contributed by atoms with Crippen molar-refractivity contribution in [1.29, 1.82) is 0 Å². The lowest BCUT2D eigenvalue weighted by Crippen LogP contribution is -2.39. The third-order valence-electron chi connectivity index (χ3n) is 8.01. The number of H-pyrrole nitrogens is 1. The van der Waals surface area contributed by atoms with Crippen molar-refractivity contribution in [3.8, 4) is 5.75 Å². The first kappa shape index (κ1) is 19.6. The van der Waals surface area contributed by atoms with Crippen LogP contribution in [0.4, 0.5) is 5.69 Å². The van der Waals surface area contributed by atoms with Crippen molar-refractivity contribution in [2.24, 2.45) is 17.8 Å². The van der Waals surface area contributed by atoms with Gasteiger partial charge in [-0.05, 0) is 79.5 Å². The Labute approximate surface area is 187 Å². The van der Waals surface area contributed by atoms with E-state index >= 15 is 0 Å². The Kier molecular flexibility index (Phi) is 4.26. The van der Waals surface area contributed by atoms with Gasteiger partial charge in [0.1, 0.15) is 5.75 Å². The van der Waals surface area contributed by atoms with E-state index in [9.17, 15) is 9.59 Å². The number of ether oxygens (including phenoxy) is 1. The molecule has 2 fully saturated rings. The fourth-order valence-corrected chi connectivity index (χ4v) is 6.58. The molecule has 0 bridgehead atoms. The number of benzene rings is 2. The van der Waals surface area contributed by atoms with Gasteiger partial charge < -0.3 is 9.72 Å². The molecule has 1 aromatic heterocycles. The minimum absolute atomic E-state index is 0.0465. The Morgan fingerprint density at radius 1 is 1.03 bits per heavy atom. The van der Waals surface area contributed by atoms with Gasteiger partial charge in [-0.3, -0.25) is 9.59 Å². The summed E-state index contributed by atoms with van der Waals surface area (Å²) in [5.74, 6) is 0.933. The monoisotopic (exact) mass is 428 g/mol. The lowest BCUT2D eigenvalue weighted by molar-refractivity contribution is -0.123. The quantitative estimate of drug-likeness (QED) is 0.564. The first-order valence-corrected chi connectivity index (χ1v) is 11.6. The molecule has 1 saturated heterocycles. The summed E-state index contributed by atoms with van der Waals surface area (Å²) in [5, 5.41) is 1.23. The van der Waals surface area contributed by atoms with E-state index in [1.165, 1.54) is 27.8 Å². The standard InChI is InChI=1S/C27H28N2O3/c1-14-4-10-18-19(12-14)23-24(25-22(18)20-13-15(2)5-11-21(20)28-25)27(31)29(26(23)30)16-6-8-17(32-3)9-7-16/h5-9,11,13-14,18-19,23-24,28H,4,10,12H2,1-3H3/t14-,18-,19-,23-,24-/m0/s1. The summed E-state index contributed by atoms with van der Waals surface area (Å²) in [6.07, 6.45) is 3.24. The molecule has 0 spiro atoms. The number of imide groups is 1. The van der Waals surface area contributed by atoms with Crippen LogP contribution in [0.25, 0.3) is 10.9 Å². The minimum atomic E-state index is -0.432. The van der Waals surface area contributed by atoms with Crippen LogP contribution in [0.1, 0.15) is 54.8 Å². The fraction of sp³-hybridized carbons (Fsp3) is 0.407. The third-order valence-corrected chi connectivity index (χ3v) is 8.01. The van der Waals surface area contributed by atoms with Crippen LogP contribution in [0.3, 0.4) is 0 Å². The molecule has 0 radical (unpaired) electrons. The predicted molar refractivity (Wildman–Crippen MR) is 124 cm³/mol. The summed E-state index contributed by atoms with van der Waals surface area (Å²) >= 11 is 0. The molecule has 0 unspecified atom stereocenters. The van der Waals surface area contributed by atoms with E-state index in [-0.39, 0.29) is 23.7 Å². The maximum absolute atomic E-state index is 13.8. The van der Waals surface area contributed by atoms with Crippen LogP contribution in [-0.2, 0) is 9.59 Å². The van der Waals surface area contributed by atoms with Crippen molar-refractivity contribution in [1.82, 2.24) is 4.98 Å². The van der Waals surface area contributed by atoms with Crippen molar-refractivity contribution in [3.63, 3.8) is 0 Å². The number of aromatic nitrogens is 1. The van der Waals surface area contributed by atoms with Gasteiger partial charge in [0.05, 0.1) is 24.6 Å². The Hall–Kier alpha value is -3.08. The molecule has 2 aliphatic carbocycles. The highest BCUT2D eigenvalue weighted by atomic mass is 16.5. The Bertz CT molecular complexity index is 1240. The molecule has 1 aliphatic heterocycles. The summed E-state index contributed by atoms with van der Waals surface area (Å²) in [6.45, 7) is 4.39. The van der Waals surface area contributed by atoms with Gasteiger partial charge in [0, 0.05) is 16.6 Å². The highest BCUT2D eigenvalue weighted by Gasteiger charge is 2.58. The lowest BCUT2D eigenvalue weighted by atomic mass is 9.59. The zero-order valence-corrected chi connectivity index (χ0v) is 18.7. The van der Waals surface area contributed by atoms with Crippen LogP contribution in [-0.4, -0.2) is 23.9 Å². The molecule has 6 rings (SSSR count). The molecule has 5 nitrogen and oxygen atoms in total. The number of fused-ring (bicyclic) bond motifs is 8. The number of hydrogen-bond acceptors (Lipinski definition) is 3. The molecule has 3 aliphatic rings. The molecular formula is C27H28N2O3. The number of methoxy groups -OCH3 is 1. The molecule has 164 valence electrons. The minimum Gasteiger partial charge on any atom is -0.497 e. The molecule has 2 amide bonds. The Balaban J connectivity index is 1.53. The van der Waals surface area contributed by atoms with Gasteiger partial charge in [-0.25, -0.2) is 4.90 Å². The van der Waals surface area contributed by atoms with Crippen molar-refractivity contribution in [3.05, 3.63) is 59.3 Å². The topological polar surface area (TPSA) is 62.4 Å². The van der Waals surface area contributed by atoms with Gasteiger partial charge in [0.15, 0.2) is 0 Å². The van der Waals surface area contributed by atoms with Crippen LogP contribution in [0.2, 0.25) is 0 Å². The van der Waals surface area contributed by atoms with E-state index < -0.39 is 5.92 Å². The molecule has 3 aromatic rings. The number of aryl methyl sites for hydroxylation is 1. The summed E-state index contributed by atoms with van der Waals surface area (Å²) in [4.78, 5) is 32.6. The number of aromatic amines is 1. The number of nitrogens with one attached hydrogen (secondary N) is 1. The molecule has 2 aromatic carbocycles. The molecule has 1 saturated carbocycles. The molecule has 5 heteroatoms. The lowest BCUT2D eigenvalue weighted by Gasteiger charge is -2.43. The summed E-state index contributed by atoms with van der Waals surface area (Å²) in [6, 6.07) is 13.7. The highest BCUT2D eigenvalue weighted by Crippen LogP contribution is 2.58. The average molecular weight is 429 g/mol. The van der Waals surface area contributed by atoms with E-state index in [0.717, 1.165) is 24.1 Å². The highest BCUT2D eigenvalue weighted by molar-refractivity contribution is 6.24. The van der Waals surface area contributed by atoms with Gasteiger partial charge in [0.2, 0.25) is 11.8 Å². The fourth-order valence-electron chi connectivity index (χ4n) is 6.58. The van der Waals surface area contributed by atoms with Gasteiger partial charge in [0.25, 0.3) is 0 Å². The zero-order chi connectivity index (χ0) is 22.1. The van der Waals surface area contributed by atoms with Crippen LogP contribution < -0.4 is 9.64 Å². The molecule has 2 heterocycles. The second-order valence-electron chi connectivity index (χ2n) is 9.90. The van der Waals surface area contributed by atoms with Crippen LogP contribution in [0.15, 0.2) is 42.5 Å². The largest absolute Gasteiger partial charge is 0.497 e. The second kappa shape index (κ2) is 6.96. The van der Waals surface area contributed by atoms with E-state index in [1.54, 1.807) is 19.2 Å². The zero-order valence-electron chi connectivity index (χ0n) is 18.7. The summed E-state index contributed by atoms with van der Waals surface area (Å²) in [7, 11) is 1.61. The molecular weight excluding hydrogens is 400 g/mol.